The van der Waals surface area contributed by atoms with Crippen molar-refractivity contribution < 1.29 is 13.6 Å². The number of nitrogens with two attached hydrogens (primary N) is 1. The molecular weight excluding hydrogens is 334 g/mol. The van der Waals surface area contributed by atoms with Gasteiger partial charge in [-0.05, 0) is 50.5 Å². The smallest absolute Gasteiger partial charge is 0.223 e. The predicted octanol–water partition coefficient (Wildman–Crippen LogP) is 3.72. The Balaban J connectivity index is 0.00000208. The molecule has 3 unspecified atom stereocenters. The van der Waals surface area contributed by atoms with Crippen LogP contribution in [0, 0.1) is 29.4 Å². The van der Waals surface area contributed by atoms with Gasteiger partial charge in [0.15, 0.2) is 11.6 Å². The number of fused-ring (bicyclic) bond motifs is 2. The molecule has 3 rings (SSSR count). The molecule has 2 saturated carbocycles. The zero-order valence-corrected chi connectivity index (χ0v) is 14.6. The highest BCUT2D eigenvalue weighted by atomic mass is 35.5. The van der Waals surface area contributed by atoms with Crippen LogP contribution < -0.4 is 11.1 Å². The molecule has 3 atom stereocenters. The molecule has 24 heavy (non-hydrogen) atoms. The van der Waals surface area contributed by atoms with Crippen molar-refractivity contribution >= 4 is 18.3 Å². The lowest BCUT2D eigenvalue weighted by Gasteiger charge is -2.43. The lowest BCUT2D eigenvalue weighted by molar-refractivity contribution is -0.128. The summed E-state index contributed by atoms with van der Waals surface area (Å²) in [6.45, 7) is 1.69. The summed E-state index contributed by atoms with van der Waals surface area (Å²) in [6, 6.07) is 3.71. The molecule has 6 heteroatoms. The summed E-state index contributed by atoms with van der Waals surface area (Å²) in [5.74, 6) is -1.07. The van der Waals surface area contributed by atoms with Crippen LogP contribution in [-0.4, -0.2) is 11.9 Å². The monoisotopic (exact) mass is 358 g/mol. The van der Waals surface area contributed by atoms with E-state index >= 15 is 0 Å². The van der Waals surface area contributed by atoms with Crippen molar-refractivity contribution in [3.05, 3.63) is 35.4 Å². The first-order valence-electron chi connectivity index (χ1n) is 8.47. The number of amides is 1. The van der Waals surface area contributed by atoms with Gasteiger partial charge in [0.2, 0.25) is 5.91 Å². The maximum Gasteiger partial charge on any atom is 0.223 e. The topological polar surface area (TPSA) is 55.1 Å². The van der Waals surface area contributed by atoms with Crippen LogP contribution in [0.25, 0.3) is 0 Å². The van der Waals surface area contributed by atoms with E-state index in [9.17, 15) is 13.6 Å². The molecule has 2 aliphatic rings. The van der Waals surface area contributed by atoms with Gasteiger partial charge in [-0.1, -0.05) is 18.6 Å². The maximum absolute atomic E-state index is 13.8. The molecule has 1 aromatic carbocycles. The highest BCUT2D eigenvalue weighted by Crippen LogP contribution is 2.42. The molecule has 2 bridgehead atoms. The molecule has 0 spiro atoms. The second-order valence-corrected chi connectivity index (χ2v) is 7.07. The van der Waals surface area contributed by atoms with Gasteiger partial charge in [-0.3, -0.25) is 4.79 Å². The summed E-state index contributed by atoms with van der Waals surface area (Å²) in [5, 5.41) is 2.85. The third-order valence-corrected chi connectivity index (χ3v) is 5.59. The van der Waals surface area contributed by atoms with E-state index in [1.807, 2.05) is 0 Å². The first kappa shape index (κ1) is 19.1. The minimum Gasteiger partial charge on any atom is -0.349 e. The van der Waals surface area contributed by atoms with E-state index in [0.717, 1.165) is 31.7 Å². The lowest BCUT2D eigenvalue weighted by Crippen LogP contribution is -2.49. The minimum absolute atomic E-state index is 0. The third-order valence-electron chi connectivity index (χ3n) is 5.59. The Morgan fingerprint density at radius 2 is 1.88 bits per heavy atom. The number of hydrogen-bond acceptors (Lipinski definition) is 2. The highest BCUT2D eigenvalue weighted by molar-refractivity contribution is 5.85. The zero-order valence-electron chi connectivity index (χ0n) is 13.8. The Morgan fingerprint density at radius 3 is 2.50 bits per heavy atom. The largest absolute Gasteiger partial charge is 0.349 e. The molecule has 0 radical (unpaired) electrons. The van der Waals surface area contributed by atoms with Crippen molar-refractivity contribution in [2.45, 2.75) is 51.1 Å². The van der Waals surface area contributed by atoms with Crippen LogP contribution in [0.15, 0.2) is 18.2 Å². The first-order chi connectivity index (χ1) is 11.0. The molecule has 0 heterocycles. The number of carbonyl (C=O) groups excluding carboxylic acids is 1. The van der Waals surface area contributed by atoms with Gasteiger partial charge < -0.3 is 11.1 Å². The van der Waals surface area contributed by atoms with E-state index in [1.54, 1.807) is 6.92 Å². The SMILES string of the molecule is CC(NC(=O)C1CC2CCCC(C1)C2N)c1cccc(F)c1F.Cl. The summed E-state index contributed by atoms with van der Waals surface area (Å²) in [5.41, 5.74) is 6.44. The molecule has 2 fully saturated rings. The molecule has 1 aromatic rings. The van der Waals surface area contributed by atoms with Gasteiger partial charge >= 0.3 is 0 Å². The molecule has 3 N–H and O–H groups in total. The molecule has 134 valence electrons. The van der Waals surface area contributed by atoms with Gasteiger partial charge in [-0.25, -0.2) is 8.78 Å². The average molecular weight is 359 g/mol. The summed E-state index contributed by atoms with van der Waals surface area (Å²) < 4.78 is 27.2. The number of halogens is 3. The number of benzene rings is 1. The number of rotatable bonds is 3. The van der Waals surface area contributed by atoms with E-state index in [0.29, 0.717) is 11.8 Å². The van der Waals surface area contributed by atoms with Gasteiger partial charge in [0, 0.05) is 17.5 Å². The molecule has 2 aliphatic carbocycles. The van der Waals surface area contributed by atoms with Gasteiger partial charge in [-0.2, -0.15) is 0 Å². The Kier molecular flexibility index (Phi) is 6.21. The predicted molar refractivity (Wildman–Crippen MR) is 91.7 cm³/mol. The van der Waals surface area contributed by atoms with Crippen LogP contribution in [0.5, 0.6) is 0 Å². The van der Waals surface area contributed by atoms with Crippen molar-refractivity contribution in [2.24, 2.45) is 23.5 Å². The summed E-state index contributed by atoms with van der Waals surface area (Å²) in [6.07, 6.45) is 5.00. The van der Waals surface area contributed by atoms with Crippen molar-refractivity contribution in [3.63, 3.8) is 0 Å². The fourth-order valence-electron chi connectivity index (χ4n) is 4.27. The first-order valence-corrected chi connectivity index (χ1v) is 8.47. The van der Waals surface area contributed by atoms with E-state index < -0.39 is 17.7 Å². The second-order valence-electron chi connectivity index (χ2n) is 7.07. The normalized spacial score (nSPS) is 30.2. The van der Waals surface area contributed by atoms with E-state index in [1.165, 1.54) is 18.6 Å². The van der Waals surface area contributed by atoms with Crippen LogP contribution in [0.2, 0.25) is 0 Å². The van der Waals surface area contributed by atoms with Crippen LogP contribution in [0.4, 0.5) is 8.78 Å². The number of hydrogen-bond donors (Lipinski definition) is 2. The van der Waals surface area contributed by atoms with Crippen LogP contribution in [0.3, 0.4) is 0 Å². The zero-order chi connectivity index (χ0) is 16.6. The quantitative estimate of drug-likeness (QED) is 0.865. The molecule has 0 aromatic heterocycles. The summed E-state index contributed by atoms with van der Waals surface area (Å²) >= 11 is 0. The van der Waals surface area contributed by atoms with Crippen molar-refractivity contribution in [1.29, 1.82) is 0 Å². The van der Waals surface area contributed by atoms with Crippen LogP contribution in [-0.2, 0) is 4.79 Å². The second kappa shape index (κ2) is 7.79. The third kappa shape index (κ3) is 3.72. The Morgan fingerprint density at radius 1 is 1.25 bits per heavy atom. The molecular formula is C18H25ClF2N2O. The number of carbonyl (C=O) groups is 1. The van der Waals surface area contributed by atoms with E-state index in [4.69, 9.17) is 5.73 Å². The Hall–Kier alpha value is -1.20. The van der Waals surface area contributed by atoms with Crippen LogP contribution >= 0.6 is 12.4 Å². The Bertz CT molecular complexity index is 584. The van der Waals surface area contributed by atoms with Gasteiger partial charge in [0.05, 0.1) is 6.04 Å². The average Bonchev–Trinajstić information content (AvgIpc) is 2.49. The minimum atomic E-state index is -0.887. The summed E-state index contributed by atoms with van der Waals surface area (Å²) in [7, 11) is 0. The van der Waals surface area contributed by atoms with Crippen LogP contribution in [0.1, 0.15) is 50.6 Å². The van der Waals surface area contributed by atoms with Crippen molar-refractivity contribution in [2.75, 3.05) is 0 Å². The van der Waals surface area contributed by atoms with Gasteiger partial charge in [0.1, 0.15) is 0 Å². The molecule has 0 saturated heterocycles. The van der Waals surface area contributed by atoms with Gasteiger partial charge in [-0.15, -0.1) is 12.4 Å². The van der Waals surface area contributed by atoms with Gasteiger partial charge in [0.25, 0.3) is 0 Å². The lowest BCUT2D eigenvalue weighted by atomic mass is 9.65. The molecule has 0 aliphatic heterocycles. The van der Waals surface area contributed by atoms with E-state index in [2.05, 4.69) is 5.32 Å². The van der Waals surface area contributed by atoms with E-state index in [-0.39, 0.29) is 35.8 Å². The number of nitrogens with one attached hydrogen (secondary N) is 1. The Labute approximate surface area is 147 Å². The fourth-order valence-corrected chi connectivity index (χ4v) is 4.27. The highest BCUT2D eigenvalue weighted by Gasteiger charge is 2.40. The van der Waals surface area contributed by atoms with Crippen molar-refractivity contribution in [3.8, 4) is 0 Å². The fraction of sp³-hybridized carbons (Fsp3) is 0.611. The standard InChI is InChI=1S/C18H24F2N2O.ClH/c1-10(14-6-3-7-15(19)16(14)20)22-18(23)13-8-11-4-2-5-12(9-13)17(11)21;/h3,6-7,10-13,17H,2,4-5,8-9,21H2,1H3,(H,22,23);1H. The summed E-state index contributed by atoms with van der Waals surface area (Å²) in [4.78, 5) is 12.5. The molecule has 1 amide bonds. The molecule has 3 nitrogen and oxygen atoms in total. The maximum atomic E-state index is 13.8. The van der Waals surface area contributed by atoms with Crippen molar-refractivity contribution in [1.82, 2.24) is 5.32 Å².